The van der Waals surface area contributed by atoms with E-state index in [0.717, 1.165) is 43.4 Å². The molecule has 7 heteroatoms. The number of carbonyl (C=O) groups excluding carboxylic acids is 2. The predicted octanol–water partition coefficient (Wildman–Crippen LogP) is 4.09. The number of anilines is 1. The van der Waals surface area contributed by atoms with Gasteiger partial charge in [0.2, 0.25) is 0 Å². The van der Waals surface area contributed by atoms with Gasteiger partial charge in [-0.05, 0) is 50.3 Å². The van der Waals surface area contributed by atoms with Crippen molar-refractivity contribution in [2.24, 2.45) is 0 Å². The van der Waals surface area contributed by atoms with Crippen molar-refractivity contribution >= 4 is 28.9 Å². The molecule has 1 aliphatic rings. The first-order valence-electron chi connectivity index (χ1n) is 8.02. The van der Waals surface area contributed by atoms with Gasteiger partial charge >= 0.3 is 5.97 Å². The summed E-state index contributed by atoms with van der Waals surface area (Å²) in [6, 6.07) is 2.82. The number of fused-ring (bicyclic) bond motifs is 1. The SMILES string of the molecule is C[C@H](OC(=O)c1csc2c1CCCC2)C(=O)Nc1ccc(F)cc1F. The van der Waals surface area contributed by atoms with E-state index in [4.69, 9.17) is 4.74 Å². The van der Waals surface area contributed by atoms with Gasteiger partial charge in [0.1, 0.15) is 11.6 Å². The van der Waals surface area contributed by atoms with Crippen LogP contribution in [-0.2, 0) is 22.4 Å². The number of hydrogen-bond donors (Lipinski definition) is 1. The zero-order valence-corrected chi connectivity index (χ0v) is 14.4. The number of benzene rings is 1. The molecule has 4 nitrogen and oxygen atoms in total. The second-order valence-corrected chi connectivity index (χ2v) is 6.88. The first kappa shape index (κ1) is 17.5. The number of esters is 1. The van der Waals surface area contributed by atoms with E-state index < -0.39 is 29.6 Å². The zero-order valence-electron chi connectivity index (χ0n) is 13.6. The molecule has 0 aliphatic heterocycles. The Kier molecular flexibility index (Phi) is 5.13. The zero-order chi connectivity index (χ0) is 18.0. The summed E-state index contributed by atoms with van der Waals surface area (Å²) in [7, 11) is 0. The molecule has 1 atom stereocenters. The Balaban J connectivity index is 1.65. The Bertz CT molecular complexity index is 819. The van der Waals surface area contributed by atoms with Crippen molar-refractivity contribution in [2.75, 3.05) is 5.32 Å². The van der Waals surface area contributed by atoms with Gasteiger partial charge in [0.05, 0.1) is 11.3 Å². The van der Waals surface area contributed by atoms with Gasteiger partial charge in [0.15, 0.2) is 6.10 Å². The number of hydrogen-bond acceptors (Lipinski definition) is 4. The molecule has 3 rings (SSSR count). The number of aryl methyl sites for hydroxylation is 1. The lowest BCUT2D eigenvalue weighted by molar-refractivity contribution is -0.123. The van der Waals surface area contributed by atoms with Crippen molar-refractivity contribution in [3.63, 3.8) is 0 Å². The van der Waals surface area contributed by atoms with E-state index in [1.807, 2.05) is 0 Å². The highest BCUT2D eigenvalue weighted by Gasteiger charge is 2.25. The highest BCUT2D eigenvalue weighted by molar-refractivity contribution is 7.10. The third kappa shape index (κ3) is 3.87. The third-order valence-electron chi connectivity index (χ3n) is 4.12. The van der Waals surface area contributed by atoms with Crippen molar-refractivity contribution in [1.82, 2.24) is 0 Å². The van der Waals surface area contributed by atoms with Crippen LogP contribution < -0.4 is 5.32 Å². The molecule has 0 bridgehead atoms. The lowest BCUT2D eigenvalue weighted by Gasteiger charge is -2.15. The van der Waals surface area contributed by atoms with Crippen LogP contribution in [0.5, 0.6) is 0 Å². The van der Waals surface area contributed by atoms with E-state index in [0.29, 0.717) is 11.6 Å². The fourth-order valence-corrected chi connectivity index (χ4v) is 3.88. The first-order valence-corrected chi connectivity index (χ1v) is 8.90. The normalized spacial score (nSPS) is 14.5. The molecule has 0 unspecified atom stereocenters. The minimum atomic E-state index is -1.10. The highest BCUT2D eigenvalue weighted by Crippen LogP contribution is 2.30. The molecule has 1 N–H and O–H groups in total. The highest BCUT2D eigenvalue weighted by atomic mass is 32.1. The maximum absolute atomic E-state index is 13.6. The lowest BCUT2D eigenvalue weighted by Crippen LogP contribution is -2.30. The molecule has 25 heavy (non-hydrogen) atoms. The van der Waals surface area contributed by atoms with Gasteiger partial charge < -0.3 is 10.1 Å². The molecule has 0 fully saturated rings. The molecule has 1 aliphatic carbocycles. The van der Waals surface area contributed by atoms with E-state index in [1.165, 1.54) is 23.1 Å². The van der Waals surface area contributed by atoms with Gasteiger partial charge in [-0.15, -0.1) is 11.3 Å². The summed E-state index contributed by atoms with van der Waals surface area (Å²) >= 11 is 1.54. The van der Waals surface area contributed by atoms with E-state index in [9.17, 15) is 18.4 Å². The van der Waals surface area contributed by atoms with Crippen LogP contribution in [0.1, 0.15) is 40.6 Å². The van der Waals surface area contributed by atoms with Crippen molar-refractivity contribution < 1.29 is 23.1 Å². The number of amides is 1. The molecule has 0 saturated heterocycles. The van der Waals surface area contributed by atoms with Crippen molar-refractivity contribution in [3.05, 3.63) is 51.2 Å². The molecule has 1 amide bonds. The quantitative estimate of drug-likeness (QED) is 0.831. The lowest BCUT2D eigenvalue weighted by atomic mass is 9.96. The van der Waals surface area contributed by atoms with Gasteiger partial charge in [-0.25, -0.2) is 13.6 Å². The number of ether oxygens (including phenoxy) is 1. The molecular formula is C18H17F2NO3S. The van der Waals surface area contributed by atoms with Crippen molar-refractivity contribution in [2.45, 2.75) is 38.7 Å². The van der Waals surface area contributed by atoms with Crippen LogP contribution in [0.3, 0.4) is 0 Å². The fraction of sp³-hybridized carbons (Fsp3) is 0.333. The fourth-order valence-electron chi connectivity index (χ4n) is 2.77. The summed E-state index contributed by atoms with van der Waals surface area (Å²) < 4.78 is 31.7. The molecule has 1 aromatic carbocycles. The minimum absolute atomic E-state index is 0.165. The Morgan fingerprint density at radius 3 is 2.76 bits per heavy atom. The van der Waals surface area contributed by atoms with Gasteiger partial charge in [-0.1, -0.05) is 0 Å². The van der Waals surface area contributed by atoms with Crippen molar-refractivity contribution in [1.29, 1.82) is 0 Å². The predicted molar refractivity (Wildman–Crippen MR) is 90.8 cm³/mol. The molecule has 1 aromatic heterocycles. The number of nitrogens with one attached hydrogen (secondary N) is 1. The van der Waals surface area contributed by atoms with E-state index >= 15 is 0 Å². The first-order chi connectivity index (χ1) is 12.0. The van der Waals surface area contributed by atoms with Crippen LogP contribution in [0.15, 0.2) is 23.6 Å². The summed E-state index contributed by atoms with van der Waals surface area (Å²) in [4.78, 5) is 25.6. The van der Waals surface area contributed by atoms with E-state index in [2.05, 4.69) is 5.32 Å². The molecular weight excluding hydrogens is 348 g/mol. The van der Waals surface area contributed by atoms with Crippen LogP contribution >= 0.6 is 11.3 Å². The van der Waals surface area contributed by atoms with Crippen LogP contribution in [0.4, 0.5) is 14.5 Å². The number of carbonyl (C=O) groups is 2. The molecule has 132 valence electrons. The average molecular weight is 365 g/mol. The van der Waals surface area contributed by atoms with Gasteiger partial charge in [0, 0.05) is 16.3 Å². The largest absolute Gasteiger partial charge is 0.449 e. The maximum Gasteiger partial charge on any atom is 0.340 e. The number of rotatable bonds is 4. The Morgan fingerprint density at radius 1 is 1.24 bits per heavy atom. The second kappa shape index (κ2) is 7.31. The smallest absolute Gasteiger partial charge is 0.340 e. The van der Waals surface area contributed by atoms with Crippen LogP contribution in [0, 0.1) is 11.6 Å². The second-order valence-electron chi connectivity index (χ2n) is 5.92. The minimum Gasteiger partial charge on any atom is -0.449 e. The van der Waals surface area contributed by atoms with Gasteiger partial charge in [-0.2, -0.15) is 0 Å². The van der Waals surface area contributed by atoms with E-state index in [1.54, 1.807) is 5.38 Å². The standard InChI is InChI=1S/C18H17F2NO3S/c1-10(17(22)21-15-7-6-11(19)8-14(15)20)24-18(23)13-9-25-16-5-3-2-4-12(13)16/h6-10H,2-5H2,1H3,(H,21,22)/t10-/m0/s1. The van der Waals surface area contributed by atoms with Crippen LogP contribution in [0.2, 0.25) is 0 Å². The Labute approximate surface area is 147 Å². The van der Waals surface area contributed by atoms with Crippen molar-refractivity contribution in [3.8, 4) is 0 Å². The summed E-state index contributed by atoms with van der Waals surface area (Å²) in [5, 5.41) is 4.06. The average Bonchev–Trinajstić information content (AvgIpc) is 3.01. The summed E-state index contributed by atoms with van der Waals surface area (Å²) in [5.41, 5.74) is 1.35. The monoisotopic (exact) mass is 365 g/mol. The molecule has 1 heterocycles. The molecule has 2 aromatic rings. The number of halogens is 2. The topological polar surface area (TPSA) is 55.4 Å². The summed E-state index contributed by atoms with van der Waals surface area (Å²) in [6.07, 6.45) is 2.85. The molecule has 0 spiro atoms. The molecule has 0 saturated carbocycles. The maximum atomic E-state index is 13.6. The van der Waals surface area contributed by atoms with Crippen LogP contribution in [0.25, 0.3) is 0 Å². The number of thiophene rings is 1. The van der Waals surface area contributed by atoms with E-state index in [-0.39, 0.29) is 5.69 Å². The Morgan fingerprint density at radius 2 is 2.00 bits per heavy atom. The van der Waals surface area contributed by atoms with Crippen LogP contribution in [-0.4, -0.2) is 18.0 Å². The third-order valence-corrected chi connectivity index (χ3v) is 5.21. The molecule has 0 radical (unpaired) electrons. The van der Waals surface area contributed by atoms with Gasteiger partial charge in [0.25, 0.3) is 5.91 Å². The Hall–Kier alpha value is -2.28. The van der Waals surface area contributed by atoms with Gasteiger partial charge in [-0.3, -0.25) is 4.79 Å². The summed E-state index contributed by atoms with van der Waals surface area (Å²) in [5.74, 6) is -2.86. The summed E-state index contributed by atoms with van der Waals surface area (Å²) in [6.45, 7) is 1.41.